The third-order valence-corrected chi connectivity index (χ3v) is 9.14. The van der Waals surface area contributed by atoms with Gasteiger partial charge in [0.1, 0.15) is 5.60 Å². The van der Waals surface area contributed by atoms with Crippen molar-refractivity contribution in [3.63, 3.8) is 0 Å². The van der Waals surface area contributed by atoms with Crippen molar-refractivity contribution in [2.45, 2.75) is 58.0 Å². The molecule has 3 fully saturated rings. The molecule has 0 spiro atoms. The highest BCUT2D eigenvalue weighted by atomic mass is 16.5. The first kappa shape index (κ1) is 23.4. The molecule has 0 radical (unpaired) electrons. The van der Waals surface area contributed by atoms with E-state index in [1.54, 1.807) is 6.08 Å². The highest BCUT2D eigenvalue weighted by Crippen LogP contribution is 2.67. The predicted octanol–water partition coefficient (Wildman–Crippen LogP) is 2.84. The van der Waals surface area contributed by atoms with Crippen molar-refractivity contribution in [2.24, 2.45) is 28.6 Å². The average molecular weight is 445 g/mol. The Balaban J connectivity index is 1.51. The minimum Gasteiger partial charge on any atom is -0.453 e. The highest BCUT2D eigenvalue weighted by Gasteiger charge is 2.66. The van der Waals surface area contributed by atoms with Crippen molar-refractivity contribution in [1.29, 1.82) is 0 Å². The quantitative estimate of drug-likeness (QED) is 0.521. The molecule has 0 aromatic heterocycles. The summed E-state index contributed by atoms with van der Waals surface area (Å²) in [5.74, 6) is 0.386. The van der Waals surface area contributed by atoms with Gasteiger partial charge in [0.25, 0.3) is 0 Å². The monoisotopic (exact) mass is 444 g/mol. The number of hydrogen-bond acceptors (Lipinski definition) is 5. The minimum absolute atomic E-state index is 0.0808. The fraction of sp³-hybridized carbons (Fsp3) is 0.731. The van der Waals surface area contributed by atoms with Gasteiger partial charge in [-0.3, -0.25) is 9.59 Å². The molecular weight excluding hydrogens is 406 g/mol. The number of ether oxygens (including phenoxy) is 1. The lowest BCUT2D eigenvalue weighted by Crippen LogP contribution is -2.58. The molecule has 0 aromatic carbocycles. The Morgan fingerprint density at radius 3 is 2.50 bits per heavy atom. The Labute approximate surface area is 191 Å². The number of nitrogens with zero attached hydrogens (tertiary/aromatic N) is 1. The summed E-state index contributed by atoms with van der Waals surface area (Å²) in [5, 5.41) is 11.7. The van der Waals surface area contributed by atoms with Gasteiger partial charge in [-0.2, -0.15) is 0 Å². The summed E-state index contributed by atoms with van der Waals surface area (Å²) in [4.78, 5) is 37.2. The number of carbonyl (C=O) groups is 3. The van der Waals surface area contributed by atoms with E-state index in [9.17, 15) is 19.5 Å². The average Bonchev–Trinajstić information content (AvgIpc) is 2.97. The van der Waals surface area contributed by atoms with Crippen molar-refractivity contribution >= 4 is 17.5 Å². The van der Waals surface area contributed by atoms with Crippen LogP contribution >= 0.6 is 0 Å². The van der Waals surface area contributed by atoms with Crippen molar-refractivity contribution < 1.29 is 28.7 Å². The summed E-state index contributed by atoms with van der Waals surface area (Å²) in [6.45, 7) is 4.14. The van der Waals surface area contributed by atoms with Gasteiger partial charge in [-0.15, -0.1) is 0 Å². The van der Waals surface area contributed by atoms with E-state index in [0.717, 1.165) is 32.1 Å². The van der Waals surface area contributed by atoms with Gasteiger partial charge >= 0.3 is 5.97 Å². The Bertz CT molecular complexity index is 898. The van der Waals surface area contributed by atoms with Gasteiger partial charge in [-0.25, -0.2) is 4.79 Å². The Morgan fingerprint density at radius 2 is 1.81 bits per heavy atom. The van der Waals surface area contributed by atoms with Crippen LogP contribution in [0.15, 0.2) is 23.8 Å². The van der Waals surface area contributed by atoms with Crippen LogP contribution < -0.4 is 0 Å². The van der Waals surface area contributed by atoms with Crippen LogP contribution in [0.2, 0.25) is 0 Å². The lowest BCUT2D eigenvalue weighted by atomic mass is 9.47. The second-order valence-corrected chi connectivity index (χ2v) is 12.0. The van der Waals surface area contributed by atoms with Crippen LogP contribution in [-0.2, 0) is 19.1 Å². The lowest BCUT2D eigenvalue weighted by Gasteiger charge is -2.57. The third-order valence-electron chi connectivity index (χ3n) is 9.14. The first-order valence-electron chi connectivity index (χ1n) is 12.0. The Morgan fingerprint density at radius 1 is 1.12 bits per heavy atom. The van der Waals surface area contributed by atoms with Gasteiger partial charge in [0, 0.05) is 10.8 Å². The Kier molecular flexibility index (Phi) is 5.57. The number of esters is 1. The summed E-state index contributed by atoms with van der Waals surface area (Å²) in [6, 6.07) is 0. The van der Waals surface area contributed by atoms with Crippen molar-refractivity contribution in [2.75, 3.05) is 34.3 Å². The smallest absolute Gasteiger partial charge is 0.362 e. The fourth-order valence-corrected chi connectivity index (χ4v) is 7.37. The lowest BCUT2D eigenvalue weighted by molar-refractivity contribution is -0.862. The molecule has 32 heavy (non-hydrogen) atoms. The van der Waals surface area contributed by atoms with Crippen LogP contribution in [0.3, 0.4) is 0 Å². The van der Waals surface area contributed by atoms with Crippen molar-refractivity contribution in [1.82, 2.24) is 0 Å². The van der Waals surface area contributed by atoms with Crippen LogP contribution in [0.1, 0.15) is 52.4 Å². The zero-order valence-corrected chi connectivity index (χ0v) is 20.1. The van der Waals surface area contributed by atoms with E-state index in [0.29, 0.717) is 22.7 Å². The molecule has 0 saturated heterocycles. The number of aliphatic hydroxyl groups is 1. The van der Waals surface area contributed by atoms with Gasteiger partial charge < -0.3 is 14.3 Å². The molecule has 0 heterocycles. The topological polar surface area (TPSA) is 80.7 Å². The number of hydrogen-bond donors (Lipinski definition) is 1. The van der Waals surface area contributed by atoms with Crippen molar-refractivity contribution in [3.05, 3.63) is 23.8 Å². The highest BCUT2D eigenvalue weighted by molar-refractivity contribution is 6.01. The predicted molar refractivity (Wildman–Crippen MR) is 120 cm³/mol. The Hall–Kier alpha value is -1.79. The second kappa shape index (κ2) is 7.63. The number of ketones is 2. The normalized spacial score (nSPS) is 40.8. The zero-order valence-electron chi connectivity index (χ0n) is 20.1. The number of quaternary nitrogens is 1. The molecule has 3 saturated carbocycles. The van der Waals surface area contributed by atoms with Gasteiger partial charge in [0.15, 0.2) is 18.9 Å². The zero-order chi connectivity index (χ0) is 23.5. The number of Topliss-reactive ketones (excluding diaryl/α,β-unsaturated/α-hetero) is 1. The molecule has 4 aliphatic carbocycles. The number of carbonyl (C=O) groups excluding carboxylic acids is 3. The van der Waals surface area contributed by atoms with Crippen LogP contribution in [-0.4, -0.2) is 67.0 Å². The van der Waals surface area contributed by atoms with Gasteiger partial charge in [-0.05, 0) is 68.4 Å². The molecule has 4 aliphatic rings. The van der Waals surface area contributed by atoms with Crippen LogP contribution in [0.4, 0.5) is 0 Å². The molecular formula is C26H38NO5+. The molecule has 176 valence electrons. The van der Waals surface area contributed by atoms with E-state index in [4.69, 9.17) is 4.74 Å². The van der Waals surface area contributed by atoms with Crippen LogP contribution in [0.5, 0.6) is 0 Å². The van der Waals surface area contributed by atoms with E-state index >= 15 is 0 Å². The summed E-state index contributed by atoms with van der Waals surface area (Å²) in [7, 11) is 5.67. The molecule has 6 atom stereocenters. The summed E-state index contributed by atoms with van der Waals surface area (Å²) < 4.78 is 5.70. The standard InChI is InChI=1S/C26H38NO5/c1-24-11-8-18(28)14-17(24)6-7-19-20(24)9-12-25(2)21(19)10-13-26(25,31)22(29)16-32-23(30)15-27(3,4)5/h8,11,14,19-21,31H,6-7,9-10,12-13,15-16H2,1-5H3/q+1/t19-,20+,21+,24-,25+,26+/m0/s1. The molecule has 0 amide bonds. The fourth-order valence-electron chi connectivity index (χ4n) is 7.37. The van der Waals surface area contributed by atoms with E-state index in [1.165, 1.54) is 5.57 Å². The molecule has 0 bridgehead atoms. The first-order chi connectivity index (χ1) is 14.8. The molecule has 0 aliphatic heterocycles. The number of likely N-dealkylation sites (N-methyl/N-ethyl adjacent to an activating group) is 1. The van der Waals surface area contributed by atoms with E-state index < -0.39 is 17.0 Å². The maximum absolute atomic E-state index is 13.2. The molecule has 6 heteroatoms. The molecule has 6 nitrogen and oxygen atoms in total. The van der Waals surface area contributed by atoms with Crippen molar-refractivity contribution in [3.8, 4) is 0 Å². The van der Waals surface area contributed by atoms with E-state index in [1.807, 2.05) is 27.2 Å². The molecule has 4 rings (SSSR count). The minimum atomic E-state index is -1.45. The van der Waals surface area contributed by atoms with Crippen LogP contribution in [0.25, 0.3) is 0 Å². The maximum Gasteiger partial charge on any atom is 0.362 e. The number of rotatable bonds is 5. The molecule has 0 aromatic rings. The molecule has 0 unspecified atom stereocenters. The van der Waals surface area contributed by atoms with Gasteiger partial charge in [0.2, 0.25) is 5.78 Å². The summed E-state index contributed by atoms with van der Waals surface area (Å²) >= 11 is 0. The largest absolute Gasteiger partial charge is 0.453 e. The maximum atomic E-state index is 13.2. The van der Waals surface area contributed by atoms with Crippen LogP contribution in [0, 0.1) is 28.6 Å². The first-order valence-corrected chi connectivity index (χ1v) is 12.0. The summed E-state index contributed by atoms with van der Waals surface area (Å²) in [5.41, 5.74) is -0.828. The van der Waals surface area contributed by atoms with E-state index in [2.05, 4.69) is 19.9 Å². The number of fused-ring (bicyclic) bond motifs is 5. The third kappa shape index (κ3) is 3.60. The van der Waals surface area contributed by atoms with E-state index in [-0.39, 0.29) is 36.1 Å². The molecule has 1 N–H and O–H groups in total. The second-order valence-electron chi connectivity index (χ2n) is 12.0. The van der Waals surface area contributed by atoms with Gasteiger partial charge in [-0.1, -0.05) is 25.5 Å². The number of allylic oxidation sites excluding steroid dienone is 4. The SMILES string of the molecule is C[C@]12C=CC(=O)C=C1CC[C@H]1[C@H]2CC[C@]2(C)[C@@H]1CC[C@@]2(O)C(=O)COC(=O)C[N+](C)(C)C. The summed E-state index contributed by atoms with van der Waals surface area (Å²) in [6.07, 6.45) is 10.4. The van der Waals surface area contributed by atoms with Gasteiger partial charge in [0.05, 0.1) is 21.1 Å².